The van der Waals surface area contributed by atoms with E-state index in [0.717, 1.165) is 12.1 Å². The molecule has 2 unspecified atom stereocenters. The van der Waals surface area contributed by atoms with Crippen molar-refractivity contribution in [2.24, 2.45) is 0 Å². The zero-order valence-corrected chi connectivity index (χ0v) is 13.4. The summed E-state index contributed by atoms with van der Waals surface area (Å²) in [6, 6.07) is 5.47. The van der Waals surface area contributed by atoms with Crippen LogP contribution in [0.1, 0.15) is 25.5 Å². The van der Waals surface area contributed by atoms with Gasteiger partial charge in [0.15, 0.2) is 11.5 Å². The number of aliphatic hydroxyl groups excluding tert-OH is 2. The summed E-state index contributed by atoms with van der Waals surface area (Å²) in [6.45, 7) is 4.89. The molecular formula is C16H26NO4+. The van der Waals surface area contributed by atoms with E-state index < -0.39 is 12.2 Å². The van der Waals surface area contributed by atoms with Gasteiger partial charge in [-0.3, -0.25) is 0 Å². The second-order valence-corrected chi connectivity index (χ2v) is 5.94. The first kappa shape index (κ1) is 16.1. The first-order valence-corrected chi connectivity index (χ1v) is 7.33. The van der Waals surface area contributed by atoms with Gasteiger partial charge in [0.25, 0.3) is 0 Å². The van der Waals surface area contributed by atoms with Gasteiger partial charge in [-0.15, -0.1) is 0 Å². The van der Waals surface area contributed by atoms with Crippen LogP contribution >= 0.6 is 0 Å². The van der Waals surface area contributed by atoms with E-state index in [1.807, 2.05) is 25.1 Å². The maximum Gasteiger partial charge on any atom is 0.161 e. The van der Waals surface area contributed by atoms with Crippen molar-refractivity contribution in [2.75, 3.05) is 27.8 Å². The monoisotopic (exact) mass is 296 g/mol. The van der Waals surface area contributed by atoms with Crippen LogP contribution in [0.5, 0.6) is 11.5 Å². The number of aliphatic hydroxyl groups is 2. The zero-order chi connectivity index (χ0) is 15.8. The topological polar surface area (TPSA) is 58.9 Å². The molecule has 0 aliphatic carbocycles. The summed E-state index contributed by atoms with van der Waals surface area (Å²) in [6.07, 6.45) is -1.52. The van der Waals surface area contributed by atoms with Crippen LogP contribution in [0.25, 0.3) is 0 Å². The summed E-state index contributed by atoms with van der Waals surface area (Å²) in [4.78, 5) is 0. The molecule has 0 amide bonds. The minimum atomic E-state index is -0.789. The van der Waals surface area contributed by atoms with Crippen molar-refractivity contribution in [3.05, 3.63) is 23.8 Å². The lowest BCUT2D eigenvalue weighted by molar-refractivity contribution is -0.948. The van der Waals surface area contributed by atoms with Crippen LogP contribution < -0.4 is 9.47 Å². The molecule has 5 heteroatoms. The molecule has 0 aromatic heterocycles. The van der Waals surface area contributed by atoms with Gasteiger partial charge in [-0.1, -0.05) is 0 Å². The normalized spacial score (nSPS) is 35.8. The van der Waals surface area contributed by atoms with Crippen LogP contribution in [-0.2, 0) is 0 Å². The smallest absolute Gasteiger partial charge is 0.161 e. The zero-order valence-electron chi connectivity index (χ0n) is 13.4. The van der Waals surface area contributed by atoms with Gasteiger partial charge < -0.3 is 24.2 Å². The second kappa shape index (κ2) is 5.83. The van der Waals surface area contributed by atoms with E-state index >= 15 is 0 Å². The summed E-state index contributed by atoms with van der Waals surface area (Å²) in [5.74, 6) is 1.30. The van der Waals surface area contributed by atoms with Crippen LogP contribution in [0.3, 0.4) is 0 Å². The lowest BCUT2D eigenvalue weighted by Gasteiger charge is -2.39. The van der Waals surface area contributed by atoms with Gasteiger partial charge in [0.05, 0.1) is 27.8 Å². The summed E-state index contributed by atoms with van der Waals surface area (Å²) in [5, 5.41) is 20.8. The van der Waals surface area contributed by atoms with Gasteiger partial charge in [-0.2, -0.15) is 0 Å². The van der Waals surface area contributed by atoms with E-state index in [4.69, 9.17) is 9.47 Å². The van der Waals surface area contributed by atoms with Crippen molar-refractivity contribution in [1.29, 1.82) is 0 Å². The van der Waals surface area contributed by atoms with Gasteiger partial charge in [0.2, 0.25) is 0 Å². The van der Waals surface area contributed by atoms with Crippen LogP contribution in [0.4, 0.5) is 0 Å². The van der Waals surface area contributed by atoms with Crippen molar-refractivity contribution in [3.8, 4) is 11.5 Å². The summed E-state index contributed by atoms with van der Waals surface area (Å²) in [7, 11) is 5.27. The van der Waals surface area contributed by atoms with Crippen LogP contribution in [-0.4, -0.2) is 60.8 Å². The molecule has 2 rings (SSSR count). The predicted molar refractivity (Wildman–Crippen MR) is 80.5 cm³/mol. The number of likely N-dealkylation sites (tertiary alicyclic amines) is 1. The lowest BCUT2D eigenvalue weighted by Crippen LogP contribution is -2.50. The van der Waals surface area contributed by atoms with Gasteiger partial charge in [-0.25, -0.2) is 0 Å². The molecule has 0 saturated carbocycles. The molecule has 1 aromatic rings. The number of rotatable bonds is 4. The molecule has 118 valence electrons. The van der Waals surface area contributed by atoms with E-state index in [1.165, 1.54) is 0 Å². The van der Waals surface area contributed by atoms with E-state index in [-0.39, 0.29) is 12.1 Å². The van der Waals surface area contributed by atoms with Gasteiger partial charge in [0, 0.05) is 5.56 Å². The van der Waals surface area contributed by atoms with Crippen molar-refractivity contribution in [2.45, 2.75) is 38.1 Å². The lowest BCUT2D eigenvalue weighted by atomic mass is 9.99. The number of likely N-dealkylation sites (N-methyl/N-ethyl adjacent to an activating group) is 1. The first-order chi connectivity index (χ1) is 9.90. The number of nitrogens with zero attached hydrogens (tertiary/aromatic N) is 1. The quantitative estimate of drug-likeness (QED) is 0.823. The van der Waals surface area contributed by atoms with E-state index in [9.17, 15) is 10.2 Å². The third kappa shape index (κ3) is 2.39. The van der Waals surface area contributed by atoms with E-state index in [1.54, 1.807) is 14.2 Å². The molecule has 1 aliphatic rings. The molecule has 1 saturated heterocycles. The van der Waals surface area contributed by atoms with E-state index in [2.05, 4.69) is 14.0 Å². The molecule has 0 spiro atoms. The standard InChI is InChI=1S/C16H26NO4/c1-6-17(3)10(2)15(18)16(19)14(17)11-7-8-12(20-4)13(9-11)21-5/h7-10,14-16,18-19H,6H2,1-5H3/q+1/t10?,14-,15+,16+,17?/m0/s1. The molecule has 21 heavy (non-hydrogen) atoms. The van der Waals surface area contributed by atoms with Crippen LogP contribution in [0.15, 0.2) is 18.2 Å². The molecule has 5 atom stereocenters. The summed E-state index contributed by atoms with van der Waals surface area (Å²) >= 11 is 0. The number of quaternary nitrogens is 1. The second-order valence-electron chi connectivity index (χ2n) is 5.94. The number of benzene rings is 1. The molecule has 1 aliphatic heterocycles. The predicted octanol–water partition coefficient (Wildman–Crippen LogP) is 1.34. The van der Waals surface area contributed by atoms with Crippen molar-refractivity contribution < 1.29 is 24.2 Å². The highest BCUT2D eigenvalue weighted by Gasteiger charge is 2.55. The fourth-order valence-corrected chi connectivity index (χ4v) is 3.48. The largest absolute Gasteiger partial charge is 0.493 e. The van der Waals surface area contributed by atoms with Gasteiger partial charge in [0.1, 0.15) is 24.3 Å². The van der Waals surface area contributed by atoms with Crippen LogP contribution in [0, 0.1) is 0 Å². The fraction of sp³-hybridized carbons (Fsp3) is 0.625. The number of hydrogen-bond donors (Lipinski definition) is 2. The SMILES string of the molecule is CC[N+]1(C)C(C)[C@@H](O)[C@H](O)[C@@H]1c1ccc(OC)c(OC)c1. The Labute approximate surface area is 126 Å². The number of methoxy groups -OCH3 is 2. The maximum absolute atomic E-state index is 10.5. The molecule has 0 bridgehead atoms. The Morgan fingerprint density at radius 3 is 2.24 bits per heavy atom. The first-order valence-electron chi connectivity index (χ1n) is 7.33. The van der Waals surface area contributed by atoms with E-state index in [0.29, 0.717) is 16.0 Å². The third-order valence-electron chi connectivity index (χ3n) is 5.16. The Hall–Kier alpha value is -1.30. The van der Waals surface area contributed by atoms with Gasteiger partial charge in [-0.05, 0) is 32.0 Å². The number of ether oxygens (including phenoxy) is 2. The highest BCUT2D eigenvalue weighted by Crippen LogP contribution is 2.44. The minimum Gasteiger partial charge on any atom is -0.493 e. The Kier molecular flexibility index (Phi) is 4.46. The molecular weight excluding hydrogens is 270 g/mol. The Morgan fingerprint density at radius 2 is 1.71 bits per heavy atom. The average molecular weight is 296 g/mol. The minimum absolute atomic E-state index is 0.0249. The molecule has 2 N–H and O–H groups in total. The van der Waals surface area contributed by atoms with Crippen molar-refractivity contribution >= 4 is 0 Å². The third-order valence-corrected chi connectivity index (χ3v) is 5.16. The van der Waals surface area contributed by atoms with Crippen molar-refractivity contribution in [1.82, 2.24) is 0 Å². The Morgan fingerprint density at radius 1 is 1.10 bits per heavy atom. The van der Waals surface area contributed by atoms with Crippen LogP contribution in [0.2, 0.25) is 0 Å². The Balaban J connectivity index is 2.48. The molecule has 1 aromatic carbocycles. The molecule has 1 heterocycles. The van der Waals surface area contributed by atoms with Crippen molar-refractivity contribution in [3.63, 3.8) is 0 Å². The fourth-order valence-electron chi connectivity index (χ4n) is 3.48. The number of hydrogen-bond acceptors (Lipinski definition) is 4. The van der Waals surface area contributed by atoms with Gasteiger partial charge >= 0.3 is 0 Å². The summed E-state index contributed by atoms with van der Waals surface area (Å²) < 4.78 is 11.2. The maximum atomic E-state index is 10.5. The average Bonchev–Trinajstić information content (AvgIpc) is 2.68. The highest BCUT2D eigenvalue weighted by molar-refractivity contribution is 5.44. The highest BCUT2D eigenvalue weighted by atomic mass is 16.5. The molecule has 5 nitrogen and oxygen atoms in total. The molecule has 1 fully saturated rings. The summed E-state index contributed by atoms with van der Waals surface area (Å²) in [5.41, 5.74) is 0.952. The Bertz CT molecular complexity index is 507. The molecule has 0 radical (unpaired) electrons.